The van der Waals surface area contributed by atoms with Crippen molar-refractivity contribution in [1.82, 2.24) is 15.5 Å². The van der Waals surface area contributed by atoms with Crippen LogP contribution in [0.15, 0.2) is 11.9 Å². The quantitative estimate of drug-likeness (QED) is 0.541. The van der Waals surface area contributed by atoms with Crippen LogP contribution in [0.2, 0.25) is 0 Å². The first-order valence-corrected chi connectivity index (χ1v) is 4.94. The molecule has 0 aromatic heterocycles. The largest absolute Gasteiger partial charge is 0.400 e. The van der Waals surface area contributed by atoms with Crippen LogP contribution in [0.5, 0.6) is 0 Å². The minimum Gasteiger partial charge on any atom is -0.400 e. The summed E-state index contributed by atoms with van der Waals surface area (Å²) in [4.78, 5) is 2.36. The summed E-state index contributed by atoms with van der Waals surface area (Å²) in [7, 11) is 0. The second-order valence-corrected chi connectivity index (χ2v) is 3.30. The van der Waals surface area contributed by atoms with Gasteiger partial charge in [-0.25, -0.2) is 0 Å². The molecule has 13 heavy (non-hydrogen) atoms. The zero-order chi connectivity index (χ0) is 9.52. The van der Waals surface area contributed by atoms with E-state index in [1.54, 1.807) is 0 Å². The van der Waals surface area contributed by atoms with Crippen LogP contribution in [0.25, 0.3) is 0 Å². The number of nitrogens with one attached hydrogen (secondary N) is 2. The maximum absolute atomic E-state index is 5.83. The van der Waals surface area contributed by atoms with Crippen LogP contribution in [-0.4, -0.2) is 44.2 Å². The molecule has 0 radical (unpaired) electrons. The van der Waals surface area contributed by atoms with Crippen LogP contribution in [-0.2, 0) is 0 Å². The van der Waals surface area contributed by atoms with Gasteiger partial charge in [-0.05, 0) is 6.92 Å². The molecule has 0 bridgehead atoms. The van der Waals surface area contributed by atoms with Crippen molar-refractivity contribution < 1.29 is 0 Å². The summed E-state index contributed by atoms with van der Waals surface area (Å²) in [5.41, 5.74) is 6.75. The molecule has 0 aromatic carbocycles. The Morgan fingerprint density at radius 3 is 2.85 bits per heavy atom. The van der Waals surface area contributed by atoms with Crippen LogP contribution in [0.4, 0.5) is 0 Å². The van der Waals surface area contributed by atoms with E-state index in [4.69, 9.17) is 5.73 Å². The molecule has 1 aliphatic rings. The van der Waals surface area contributed by atoms with Gasteiger partial charge in [0.2, 0.25) is 0 Å². The molecule has 1 aliphatic heterocycles. The molecule has 0 unspecified atom stereocenters. The lowest BCUT2D eigenvalue weighted by molar-refractivity contribution is 0.258. The molecule has 0 saturated carbocycles. The zero-order valence-electron chi connectivity index (χ0n) is 8.34. The van der Waals surface area contributed by atoms with E-state index in [1.165, 1.54) is 0 Å². The fourth-order valence-corrected chi connectivity index (χ4v) is 1.41. The maximum atomic E-state index is 5.83. The van der Waals surface area contributed by atoms with E-state index in [2.05, 4.69) is 22.5 Å². The minimum absolute atomic E-state index is 0.884. The highest BCUT2D eigenvalue weighted by atomic mass is 15.2. The Hall–Kier alpha value is -0.740. The van der Waals surface area contributed by atoms with Gasteiger partial charge in [0, 0.05) is 51.2 Å². The number of hydrogen-bond acceptors (Lipinski definition) is 4. The summed E-state index contributed by atoms with van der Waals surface area (Å²) >= 11 is 0. The molecular formula is C9H20N4. The molecule has 1 fully saturated rings. The third-order valence-electron chi connectivity index (χ3n) is 2.11. The molecular weight excluding hydrogens is 164 g/mol. The number of nitrogens with zero attached hydrogens (tertiary/aromatic N) is 1. The van der Waals surface area contributed by atoms with Crippen molar-refractivity contribution in [2.75, 3.05) is 39.3 Å². The van der Waals surface area contributed by atoms with Gasteiger partial charge in [0.05, 0.1) is 0 Å². The van der Waals surface area contributed by atoms with Crippen molar-refractivity contribution in [2.24, 2.45) is 5.73 Å². The molecule has 0 aromatic rings. The van der Waals surface area contributed by atoms with Crippen molar-refractivity contribution in [1.29, 1.82) is 0 Å². The Morgan fingerprint density at radius 1 is 1.54 bits per heavy atom. The maximum Gasteiger partial charge on any atom is 0.0395 e. The highest BCUT2D eigenvalue weighted by Gasteiger charge is 2.09. The van der Waals surface area contributed by atoms with Gasteiger partial charge in [0.1, 0.15) is 0 Å². The van der Waals surface area contributed by atoms with E-state index in [1.807, 2.05) is 6.20 Å². The highest BCUT2D eigenvalue weighted by molar-refractivity contribution is 4.98. The Bertz CT molecular complexity index is 161. The standard InChI is InChI=1S/C9H20N4/c1-2-11-7-9(10)8-13-5-3-12-4-6-13/h7,11-12H,2-6,8,10H2,1H3/b9-7-. The lowest BCUT2D eigenvalue weighted by Crippen LogP contribution is -2.44. The fourth-order valence-electron chi connectivity index (χ4n) is 1.41. The Kier molecular flexibility index (Phi) is 4.64. The molecule has 0 aliphatic carbocycles. The molecule has 4 N–H and O–H groups in total. The van der Waals surface area contributed by atoms with Gasteiger partial charge in [0.25, 0.3) is 0 Å². The van der Waals surface area contributed by atoms with E-state index < -0.39 is 0 Å². The van der Waals surface area contributed by atoms with Gasteiger partial charge in [-0.15, -0.1) is 0 Å². The molecule has 0 atom stereocenters. The molecule has 0 amide bonds. The van der Waals surface area contributed by atoms with Crippen LogP contribution in [0.3, 0.4) is 0 Å². The molecule has 1 heterocycles. The van der Waals surface area contributed by atoms with Crippen molar-refractivity contribution in [3.63, 3.8) is 0 Å². The van der Waals surface area contributed by atoms with Gasteiger partial charge < -0.3 is 16.4 Å². The van der Waals surface area contributed by atoms with Gasteiger partial charge >= 0.3 is 0 Å². The summed E-state index contributed by atoms with van der Waals surface area (Å²) in [5, 5.41) is 6.42. The van der Waals surface area contributed by atoms with Crippen molar-refractivity contribution >= 4 is 0 Å². The van der Waals surface area contributed by atoms with Crippen LogP contribution < -0.4 is 16.4 Å². The topological polar surface area (TPSA) is 53.3 Å². The monoisotopic (exact) mass is 184 g/mol. The third kappa shape index (κ3) is 4.15. The predicted molar refractivity (Wildman–Crippen MR) is 55.3 cm³/mol. The van der Waals surface area contributed by atoms with Crippen LogP contribution >= 0.6 is 0 Å². The lowest BCUT2D eigenvalue weighted by atomic mass is 10.3. The van der Waals surface area contributed by atoms with Crippen LogP contribution in [0.1, 0.15) is 6.92 Å². The summed E-state index contributed by atoms with van der Waals surface area (Å²) in [6.45, 7) is 8.23. The number of piperazine rings is 1. The SMILES string of the molecule is CCN/C=C(\N)CN1CCNCC1. The van der Waals surface area contributed by atoms with E-state index in [9.17, 15) is 0 Å². The molecule has 0 spiro atoms. The molecule has 1 saturated heterocycles. The van der Waals surface area contributed by atoms with Gasteiger partial charge in [-0.1, -0.05) is 0 Å². The second-order valence-electron chi connectivity index (χ2n) is 3.30. The first kappa shape index (κ1) is 10.3. The predicted octanol–water partition coefficient (Wildman–Crippen LogP) is -0.699. The van der Waals surface area contributed by atoms with Gasteiger partial charge in [0.15, 0.2) is 0 Å². The van der Waals surface area contributed by atoms with E-state index in [0.29, 0.717) is 0 Å². The summed E-state index contributed by atoms with van der Waals surface area (Å²) in [6, 6.07) is 0. The lowest BCUT2D eigenvalue weighted by Gasteiger charge is -2.27. The fraction of sp³-hybridized carbons (Fsp3) is 0.778. The Balaban J connectivity index is 2.21. The average molecular weight is 184 g/mol. The molecule has 4 heteroatoms. The third-order valence-corrected chi connectivity index (χ3v) is 2.11. The number of hydrogen-bond donors (Lipinski definition) is 3. The number of rotatable bonds is 4. The molecule has 4 nitrogen and oxygen atoms in total. The summed E-state index contributed by atoms with van der Waals surface area (Å²) in [5.74, 6) is 0. The zero-order valence-corrected chi connectivity index (χ0v) is 8.34. The minimum atomic E-state index is 0.884. The van der Waals surface area contributed by atoms with Gasteiger partial charge in [-0.3, -0.25) is 4.90 Å². The van der Waals surface area contributed by atoms with E-state index in [0.717, 1.165) is 45.0 Å². The second kappa shape index (κ2) is 5.83. The van der Waals surface area contributed by atoms with Gasteiger partial charge in [-0.2, -0.15) is 0 Å². The Morgan fingerprint density at radius 2 is 2.23 bits per heavy atom. The molecule has 1 rings (SSSR count). The first-order chi connectivity index (χ1) is 6.33. The first-order valence-electron chi connectivity index (χ1n) is 4.94. The normalized spacial score (nSPS) is 20.2. The summed E-state index contributed by atoms with van der Waals surface area (Å²) < 4.78 is 0. The van der Waals surface area contributed by atoms with Crippen LogP contribution in [0, 0.1) is 0 Å². The van der Waals surface area contributed by atoms with E-state index in [-0.39, 0.29) is 0 Å². The van der Waals surface area contributed by atoms with Crippen molar-refractivity contribution in [3.8, 4) is 0 Å². The van der Waals surface area contributed by atoms with E-state index >= 15 is 0 Å². The smallest absolute Gasteiger partial charge is 0.0395 e. The molecule has 76 valence electrons. The van der Waals surface area contributed by atoms with Crippen molar-refractivity contribution in [2.45, 2.75) is 6.92 Å². The van der Waals surface area contributed by atoms with Crippen molar-refractivity contribution in [3.05, 3.63) is 11.9 Å². The Labute approximate surface area is 80.2 Å². The highest BCUT2D eigenvalue weighted by Crippen LogP contribution is 1.94. The average Bonchev–Trinajstić information content (AvgIpc) is 2.16. The number of nitrogens with two attached hydrogens (primary N) is 1. The summed E-state index contributed by atoms with van der Waals surface area (Å²) in [6.07, 6.45) is 1.90.